The van der Waals surface area contributed by atoms with Gasteiger partial charge in [0, 0.05) is 11.0 Å². The second-order valence-electron chi connectivity index (χ2n) is 6.94. The molecule has 1 saturated carbocycles. The SMILES string of the molecule is CC(C)(C)OC(=O)N[C@@]1(C)CC[C@@H](OC=O)C1(C)C. The Morgan fingerprint density at radius 2 is 1.89 bits per heavy atom. The van der Waals surface area contributed by atoms with E-state index in [0.29, 0.717) is 6.47 Å². The molecule has 1 aliphatic carbocycles. The van der Waals surface area contributed by atoms with E-state index in [4.69, 9.17) is 9.47 Å². The van der Waals surface area contributed by atoms with Crippen molar-refractivity contribution in [2.24, 2.45) is 5.41 Å². The number of hydrogen-bond acceptors (Lipinski definition) is 4. The number of carbonyl (C=O) groups excluding carboxylic acids is 2. The van der Waals surface area contributed by atoms with Crippen molar-refractivity contribution in [3.63, 3.8) is 0 Å². The molecule has 1 N–H and O–H groups in total. The highest BCUT2D eigenvalue weighted by Gasteiger charge is 2.54. The highest BCUT2D eigenvalue weighted by molar-refractivity contribution is 5.69. The minimum absolute atomic E-state index is 0.190. The van der Waals surface area contributed by atoms with Crippen LogP contribution in [0, 0.1) is 5.41 Å². The van der Waals surface area contributed by atoms with Gasteiger partial charge >= 0.3 is 6.09 Å². The Morgan fingerprint density at radius 3 is 2.37 bits per heavy atom. The van der Waals surface area contributed by atoms with E-state index < -0.39 is 17.2 Å². The summed E-state index contributed by atoms with van der Waals surface area (Å²) < 4.78 is 10.4. The lowest BCUT2D eigenvalue weighted by atomic mass is 9.75. The monoisotopic (exact) mass is 271 g/mol. The number of amides is 1. The molecule has 1 aliphatic rings. The Hall–Kier alpha value is -1.26. The van der Waals surface area contributed by atoms with Crippen molar-refractivity contribution >= 4 is 12.6 Å². The average molecular weight is 271 g/mol. The minimum atomic E-state index is -0.526. The van der Waals surface area contributed by atoms with Crippen LogP contribution >= 0.6 is 0 Å². The first-order chi connectivity index (χ1) is 8.52. The predicted octanol–water partition coefficient (Wildman–Crippen LogP) is 2.63. The van der Waals surface area contributed by atoms with Gasteiger partial charge in [0.2, 0.25) is 0 Å². The van der Waals surface area contributed by atoms with Crippen molar-refractivity contribution in [3.05, 3.63) is 0 Å². The molecule has 5 nitrogen and oxygen atoms in total. The maximum Gasteiger partial charge on any atom is 0.408 e. The second kappa shape index (κ2) is 5.02. The molecular weight excluding hydrogens is 246 g/mol. The van der Waals surface area contributed by atoms with Crippen LogP contribution in [0.15, 0.2) is 0 Å². The number of alkyl carbamates (subject to hydrolysis) is 1. The van der Waals surface area contributed by atoms with Gasteiger partial charge in [-0.3, -0.25) is 4.79 Å². The van der Waals surface area contributed by atoms with E-state index in [1.807, 2.05) is 41.5 Å². The summed E-state index contributed by atoms with van der Waals surface area (Å²) in [6, 6.07) is 0. The summed E-state index contributed by atoms with van der Waals surface area (Å²) in [5.74, 6) is 0. The third kappa shape index (κ3) is 3.39. The van der Waals surface area contributed by atoms with E-state index in [1.165, 1.54) is 0 Å². The van der Waals surface area contributed by atoms with Crippen LogP contribution in [0.4, 0.5) is 4.79 Å². The van der Waals surface area contributed by atoms with Crippen molar-refractivity contribution in [2.45, 2.75) is 71.6 Å². The van der Waals surface area contributed by atoms with E-state index in [1.54, 1.807) is 0 Å². The van der Waals surface area contributed by atoms with E-state index in [0.717, 1.165) is 12.8 Å². The summed E-state index contributed by atoms with van der Waals surface area (Å²) in [6.45, 7) is 11.9. The molecule has 0 aliphatic heterocycles. The van der Waals surface area contributed by atoms with Gasteiger partial charge in [0.1, 0.15) is 11.7 Å². The highest BCUT2D eigenvalue weighted by Crippen LogP contribution is 2.47. The molecule has 1 rings (SSSR count). The third-order valence-corrected chi connectivity index (χ3v) is 4.13. The van der Waals surface area contributed by atoms with Gasteiger partial charge in [-0.25, -0.2) is 4.79 Å². The van der Waals surface area contributed by atoms with Crippen LogP contribution in [-0.4, -0.2) is 29.8 Å². The molecule has 2 atom stereocenters. The lowest BCUT2D eigenvalue weighted by molar-refractivity contribution is -0.139. The van der Waals surface area contributed by atoms with Crippen molar-refractivity contribution in [1.82, 2.24) is 5.32 Å². The molecular formula is C14H25NO4. The fourth-order valence-electron chi connectivity index (χ4n) is 2.52. The normalized spacial score (nSPS) is 29.7. The quantitative estimate of drug-likeness (QED) is 0.801. The molecule has 19 heavy (non-hydrogen) atoms. The minimum Gasteiger partial charge on any atom is -0.464 e. The van der Waals surface area contributed by atoms with Gasteiger partial charge in [0.05, 0.1) is 0 Å². The largest absolute Gasteiger partial charge is 0.464 e. The summed E-state index contributed by atoms with van der Waals surface area (Å²) in [4.78, 5) is 22.5. The predicted molar refractivity (Wildman–Crippen MR) is 71.7 cm³/mol. The van der Waals surface area contributed by atoms with E-state index >= 15 is 0 Å². The molecule has 0 saturated heterocycles. The molecule has 5 heteroatoms. The molecule has 0 bridgehead atoms. The van der Waals surface area contributed by atoms with Gasteiger partial charge in [-0.05, 0) is 40.5 Å². The number of hydrogen-bond donors (Lipinski definition) is 1. The van der Waals surface area contributed by atoms with Crippen LogP contribution in [-0.2, 0) is 14.3 Å². The molecule has 0 spiro atoms. The van der Waals surface area contributed by atoms with Crippen LogP contribution in [0.3, 0.4) is 0 Å². The van der Waals surface area contributed by atoms with Crippen molar-refractivity contribution in [3.8, 4) is 0 Å². The summed E-state index contributed by atoms with van der Waals surface area (Å²) in [7, 11) is 0. The fraction of sp³-hybridized carbons (Fsp3) is 0.857. The Kier molecular flexibility index (Phi) is 4.17. The number of rotatable bonds is 3. The molecule has 110 valence electrons. The number of carbonyl (C=O) groups is 2. The zero-order valence-electron chi connectivity index (χ0n) is 12.7. The second-order valence-corrected chi connectivity index (χ2v) is 6.94. The Morgan fingerprint density at radius 1 is 1.32 bits per heavy atom. The zero-order chi connectivity index (χ0) is 14.9. The maximum atomic E-state index is 11.9. The lowest BCUT2D eigenvalue weighted by Crippen LogP contribution is -2.56. The first-order valence-corrected chi connectivity index (χ1v) is 6.62. The Bertz CT molecular complexity index is 359. The average Bonchev–Trinajstić information content (AvgIpc) is 2.39. The third-order valence-electron chi connectivity index (χ3n) is 4.13. The van der Waals surface area contributed by atoms with Crippen molar-refractivity contribution in [2.75, 3.05) is 0 Å². The molecule has 1 fully saturated rings. The number of ether oxygens (including phenoxy) is 2. The van der Waals surface area contributed by atoms with E-state index in [2.05, 4.69) is 5.32 Å². The summed E-state index contributed by atoms with van der Waals surface area (Å²) in [5.41, 5.74) is -1.32. The number of nitrogens with one attached hydrogen (secondary N) is 1. The standard InChI is InChI=1S/C14H25NO4/c1-12(2,3)19-11(17)15-14(6)8-7-10(18-9-16)13(14,4)5/h9-10H,7-8H2,1-6H3,(H,15,17)/t10-,14+/m1/s1. The van der Waals surface area contributed by atoms with Gasteiger partial charge in [-0.15, -0.1) is 0 Å². The van der Waals surface area contributed by atoms with Gasteiger partial charge < -0.3 is 14.8 Å². The molecule has 0 aromatic heterocycles. The molecule has 0 radical (unpaired) electrons. The van der Waals surface area contributed by atoms with Gasteiger partial charge in [0.15, 0.2) is 0 Å². The summed E-state index contributed by atoms with van der Waals surface area (Å²) >= 11 is 0. The Labute approximate surface area is 115 Å². The van der Waals surface area contributed by atoms with E-state index in [9.17, 15) is 9.59 Å². The summed E-state index contributed by atoms with van der Waals surface area (Å²) in [5, 5.41) is 2.93. The fourth-order valence-corrected chi connectivity index (χ4v) is 2.52. The topological polar surface area (TPSA) is 64.6 Å². The molecule has 0 aromatic carbocycles. The van der Waals surface area contributed by atoms with Crippen LogP contribution in [0.5, 0.6) is 0 Å². The molecule has 0 unspecified atom stereocenters. The van der Waals surface area contributed by atoms with Gasteiger partial charge in [0.25, 0.3) is 6.47 Å². The first kappa shape index (κ1) is 15.8. The van der Waals surface area contributed by atoms with Crippen molar-refractivity contribution in [1.29, 1.82) is 0 Å². The summed E-state index contributed by atoms with van der Waals surface area (Å²) in [6.07, 6.45) is 0.857. The Balaban J connectivity index is 2.77. The highest BCUT2D eigenvalue weighted by atomic mass is 16.6. The molecule has 1 amide bonds. The molecule has 0 heterocycles. The van der Waals surface area contributed by atoms with Gasteiger partial charge in [-0.2, -0.15) is 0 Å². The van der Waals surface area contributed by atoms with Crippen LogP contribution in [0.2, 0.25) is 0 Å². The maximum absolute atomic E-state index is 11.9. The smallest absolute Gasteiger partial charge is 0.408 e. The zero-order valence-corrected chi connectivity index (χ0v) is 12.7. The first-order valence-electron chi connectivity index (χ1n) is 6.62. The molecule has 0 aromatic rings. The van der Waals surface area contributed by atoms with Crippen molar-refractivity contribution < 1.29 is 19.1 Å². The van der Waals surface area contributed by atoms with E-state index in [-0.39, 0.29) is 11.5 Å². The van der Waals surface area contributed by atoms with Crippen LogP contribution < -0.4 is 5.32 Å². The lowest BCUT2D eigenvalue weighted by Gasteiger charge is -2.41. The van der Waals surface area contributed by atoms with Crippen LogP contribution in [0.25, 0.3) is 0 Å². The van der Waals surface area contributed by atoms with Crippen LogP contribution in [0.1, 0.15) is 54.4 Å². The van der Waals surface area contributed by atoms with Gasteiger partial charge in [-0.1, -0.05) is 13.8 Å².